The molecule has 4 heterocycles. The number of hydrogen-bond acceptors (Lipinski definition) is 8. The van der Waals surface area contributed by atoms with Crippen molar-refractivity contribution in [2.24, 2.45) is 0 Å². The van der Waals surface area contributed by atoms with Gasteiger partial charge in [0.2, 0.25) is 5.89 Å². The largest absolute Gasteiger partial charge is 0.497 e. The third-order valence-corrected chi connectivity index (χ3v) is 6.58. The molecule has 1 aromatic carbocycles. The lowest BCUT2D eigenvalue weighted by atomic mass is 10.1. The van der Waals surface area contributed by atoms with Crippen LogP contribution in [-0.4, -0.2) is 67.4 Å². The quantitative estimate of drug-likeness (QED) is 0.567. The van der Waals surface area contributed by atoms with Crippen molar-refractivity contribution < 1.29 is 13.9 Å². The van der Waals surface area contributed by atoms with Crippen molar-refractivity contribution in [1.82, 2.24) is 14.9 Å². The molecule has 5 rings (SSSR count). The summed E-state index contributed by atoms with van der Waals surface area (Å²) in [4.78, 5) is 27.0. The van der Waals surface area contributed by atoms with E-state index >= 15 is 0 Å². The van der Waals surface area contributed by atoms with E-state index in [0.717, 1.165) is 69.1 Å². The zero-order valence-electron chi connectivity index (χ0n) is 19.2. The molecule has 8 nitrogen and oxygen atoms in total. The first-order chi connectivity index (χ1) is 16.2. The number of nitrogens with zero attached hydrogens (tertiary/aromatic N) is 4. The van der Waals surface area contributed by atoms with Crippen molar-refractivity contribution in [3.63, 3.8) is 0 Å². The van der Waals surface area contributed by atoms with Crippen LogP contribution in [0.15, 0.2) is 39.7 Å². The van der Waals surface area contributed by atoms with Crippen LogP contribution in [0.1, 0.15) is 25.3 Å². The molecule has 0 bridgehead atoms. The van der Waals surface area contributed by atoms with E-state index in [0.29, 0.717) is 29.2 Å². The number of methoxy groups -OCH3 is 1. The molecular formula is C25H30N4O4. The molecule has 1 atom stereocenters. The van der Waals surface area contributed by atoms with Crippen LogP contribution in [0, 0.1) is 0 Å². The monoisotopic (exact) mass is 450 g/mol. The van der Waals surface area contributed by atoms with Crippen molar-refractivity contribution in [2.75, 3.05) is 51.3 Å². The Hall–Kier alpha value is -2.97. The second kappa shape index (κ2) is 9.49. The predicted molar refractivity (Wildman–Crippen MR) is 127 cm³/mol. The van der Waals surface area contributed by atoms with Gasteiger partial charge in [-0.15, -0.1) is 0 Å². The fourth-order valence-corrected chi connectivity index (χ4v) is 4.80. The Morgan fingerprint density at radius 1 is 1.21 bits per heavy atom. The molecule has 0 spiro atoms. The van der Waals surface area contributed by atoms with Gasteiger partial charge >= 0.3 is 5.63 Å². The van der Waals surface area contributed by atoms with Crippen molar-refractivity contribution in [2.45, 2.75) is 32.3 Å². The first-order valence-electron chi connectivity index (χ1n) is 11.7. The summed E-state index contributed by atoms with van der Waals surface area (Å²) >= 11 is 0. The molecule has 2 aromatic heterocycles. The van der Waals surface area contributed by atoms with Gasteiger partial charge in [-0.3, -0.25) is 4.90 Å². The Balaban J connectivity index is 1.44. The summed E-state index contributed by atoms with van der Waals surface area (Å²) in [5, 5.41) is 0.509. The van der Waals surface area contributed by atoms with Crippen LogP contribution in [0.3, 0.4) is 0 Å². The number of pyridine rings is 1. The summed E-state index contributed by atoms with van der Waals surface area (Å²) in [5.41, 5.74) is 1.79. The predicted octanol–water partition coefficient (Wildman–Crippen LogP) is 3.12. The minimum Gasteiger partial charge on any atom is -0.497 e. The Kier molecular flexibility index (Phi) is 6.28. The molecule has 0 N–H and O–H groups in total. The van der Waals surface area contributed by atoms with Gasteiger partial charge in [-0.2, -0.15) is 0 Å². The molecule has 2 saturated heterocycles. The van der Waals surface area contributed by atoms with Crippen molar-refractivity contribution in [3.8, 4) is 17.2 Å². The summed E-state index contributed by atoms with van der Waals surface area (Å²) in [6.45, 7) is 7.47. The van der Waals surface area contributed by atoms with Crippen molar-refractivity contribution >= 4 is 16.7 Å². The number of aryl methyl sites for hydroxylation is 1. The fourth-order valence-electron chi connectivity index (χ4n) is 4.80. The number of rotatable bonds is 6. The average Bonchev–Trinajstić information content (AvgIpc) is 3.36. The van der Waals surface area contributed by atoms with E-state index in [1.165, 1.54) is 0 Å². The van der Waals surface area contributed by atoms with E-state index in [1.54, 1.807) is 19.4 Å². The van der Waals surface area contributed by atoms with Gasteiger partial charge in [0.05, 0.1) is 29.7 Å². The van der Waals surface area contributed by atoms with Gasteiger partial charge in [-0.25, -0.2) is 14.8 Å². The third kappa shape index (κ3) is 4.45. The zero-order chi connectivity index (χ0) is 22.8. The lowest BCUT2D eigenvalue weighted by Crippen LogP contribution is -2.48. The standard InChI is InChI=1S/C25H30N4O4/c1-3-17-14-19(31-2)15-21-22(17)25(30)33-24(27-21)20-7-4-8-26-23(20)29-11-9-28(10-12-29)16-18-6-5-13-32-18/h4,7-8,14-15,18H,3,5-6,9-13,16H2,1-2H3. The van der Waals surface area contributed by atoms with Gasteiger partial charge in [0.25, 0.3) is 0 Å². The normalized spacial score (nSPS) is 19.3. The molecule has 0 radical (unpaired) electrons. The molecule has 0 aliphatic carbocycles. The molecule has 33 heavy (non-hydrogen) atoms. The van der Waals surface area contributed by atoms with Gasteiger partial charge < -0.3 is 18.8 Å². The van der Waals surface area contributed by atoms with Gasteiger partial charge in [-0.05, 0) is 43.0 Å². The molecule has 1 unspecified atom stereocenters. The average molecular weight is 451 g/mol. The van der Waals surface area contributed by atoms with Crippen LogP contribution in [0.2, 0.25) is 0 Å². The number of hydrogen-bond donors (Lipinski definition) is 0. The van der Waals surface area contributed by atoms with Crippen LogP contribution in [0.25, 0.3) is 22.4 Å². The van der Waals surface area contributed by atoms with Crippen LogP contribution < -0.4 is 15.3 Å². The molecule has 0 amide bonds. The summed E-state index contributed by atoms with van der Waals surface area (Å²) in [6, 6.07) is 7.42. The van der Waals surface area contributed by atoms with E-state index in [4.69, 9.17) is 18.9 Å². The SMILES string of the molecule is CCc1cc(OC)cc2nc(-c3cccnc3N3CCN(CC4CCCO4)CC3)oc(=O)c12. The maximum Gasteiger partial charge on any atom is 0.347 e. The molecule has 2 aliphatic rings. The number of benzene rings is 1. The number of aromatic nitrogens is 2. The fraction of sp³-hybridized carbons (Fsp3) is 0.480. The summed E-state index contributed by atoms with van der Waals surface area (Å²) in [7, 11) is 1.62. The highest BCUT2D eigenvalue weighted by molar-refractivity contribution is 5.84. The topological polar surface area (TPSA) is 80.9 Å². The molecule has 2 aliphatic heterocycles. The summed E-state index contributed by atoms with van der Waals surface area (Å²) in [6.07, 6.45) is 5.14. The minimum absolute atomic E-state index is 0.285. The maximum atomic E-state index is 12.9. The molecule has 8 heteroatoms. The second-order valence-electron chi connectivity index (χ2n) is 8.64. The summed E-state index contributed by atoms with van der Waals surface area (Å²) in [5.74, 6) is 1.76. The first-order valence-corrected chi connectivity index (χ1v) is 11.7. The zero-order valence-corrected chi connectivity index (χ0v) is 19.2. The van der Waals surface area contributed by atoms with Gasteiger partial charge in [0.1, 0.15) is 11.6 Å². The number of fused-ring (bicyclic) bond motifs is 1. The Morgan fingerprint density at radius 3 is 2.79 bits per heavy atom. The van der Waals surface area contributed by atoms with Crippen molar-refractivity contribution in [1.29, 1.82) is 0 Å². The van der Waals surface area contributed by atoms with E-state index < -0.39 is 0 Å². The first kappa shape index (κ1) is 21.9. The van der Waals surface area contributed by atoms with E-state index in [9.17, 15) is 4.79 Å². The van der Waals surface area contributed by atoms with E-state index in [-0.39, 0.29) is 11.5 Å². The number of ether oxygens (including phenoxy) is 2. The lowest BCUT2D eigenvalue weighted by Gasteiger charge is -2.36. The highest BCUT2D eigenvalue weighted by atomic mass is 16.5. The highest BCUT2D eigenvalue weighted by Crippen LogP contribution is 2.30. The smallest absolute Gasteiger partial charge is 0.347 e. The minimum atomic E-state index is -0.384. The van der Waals surface area contributed by atoms with E-state index in [1.807, 2.05) is 25.1 Å². The number of piperazine rings is 1. The van der Waals surface area contributed by atoms with Gasteiger partial charge in [0.15, 0.2) is 0 Å². The Bertz CT molecular complexity index is 1180. The number of anilines is 1. The van der Waals surface area contributed by atoms with E-state index in [2.05, 4.69) is 14.8 Å². The Morgan fingerprint density at radius 2 is 2.06 bits per heavy atom. The Labute approximate surface area is 193 Å². The molecule has 174 valence electrons. The lowest BCUT2D eigenvalue weighted by molar-refractivity contribution is 0.0712. The van der Waals surface area contributed by atoms with Crippen molar-refractivity contribution in [3.05, 3.63) is 46.4 Å². The molecule has 2 fully saturated rings. The van der Waals surface area contributed by atoms with Gasteiger partial charge in [0, 0.05) is 51.6 Å². The molecule has 3 aromatic rings. The summed E-state index contributed by atoms with van der Waals surface area (Å²) < 4.78 is 16.9. The second-order valence-corrected chi connectivity index (χ2v) is 8.64. The molecule has 0 saturated carbocycles. The highest BCUT2D eigenvalue weighted by Gasteiger charge is 2.25. The van der Waals surface area contributed by atoms with Gasteiger partial charge in [-0.1, -0.05) is 6.92 Å². The van der Waals surface area contributed by atoms with Crippen LogP contribution >= 0.6 is 0 Å². The van der Waals surface area contributed by atoms with Crippen LogP contribution in [0.4, 0.5) is 5.82 Å². The molecular weight excluding hydrogens is 420 g/mol. The van der Waals surface area contributed by atoms with Crippen LogP contribution in [0.5, 0.6) is 5.75 Å². The maximum absolute atomic E-state index is 12.9. The third-order valence-electron chi connectivity index (χ3n) is 6.58. The van der Waals surface area contributed by atoms with Crippen LogP contribution in [-0.2, 0) is 11.2 Å².